The van der Waals surface area contributed by atoms with Gasteiger partial charge in [-0.25, -0.2) is 5.32 Å². The van der Waals surface area contributed by atoms with Gasteiger partial charge in [-0.2, -0.15) is 8.78 Å². The Morgan fingerprint density at radius 3 is 1.83 bits per heavy atom. The summed E-state index contributed by atoms with van der Waals surface area (Å²) in [7, 11) is 0.958. The third-order valence-electron chi connectivity index (χ3n) is 0.301. The first-order chi connectivity index (χ1) is 2.56. The Labute approximate surface area is 33.8 Å². The summed E-state index contributed by atoms with van der Waals surface area (Å²) in [4.78, 5) is 0. The third kappa shape index (κ3) is 3.78. The van der Waals surface area contributed by atoms with Gasteiger partial charge in [0.25, 0.3) is 0 Å². The zero-order chi connectivity index (χ0) is 5.21. The van der Waals surface area contributed by atoms with Crippen LogP contribution in [0.3, 0.4) is 0 Å². The van der Waals surface area contributed by atoms with Crippen molar-refractivity contribution in [2.45, 2.75) is 6.23 Å². The van der Waals surface area contributed by atoms with Gasteiger partial charge in [0.2, 0.25) is 0 Å². The smallest absolute Gasteiger partial charge is 0.323 e. The highest BCUT2D eigenvalue weighted by Gasteiger charge is 2.18. The van der Waals surface area contributed by atoms with Gasteiger partial charge in [-0.15, -0.1) is 0 Å². The summed E-state index contributed by atoms with van der Waals surface area (Å²) in [6.07, 6.45) is -3.71. The number of halogens is 2. The summed E-state index contributed by atoms with van der Waals surface area (Å²) in [5.74, 6) is 0. The topological polar surface area (TPSA) is 32.3 Å². The first kappa shape index (κ1) is 5.78. The molecular formula is C2H5F2NO. The van der Waals surface area contributed by atoms with Gasteiger partial charge in [-0.05, 0) is 7.05 Å². The van der Waals surface area contributed by atoms with Gasteiger partial charge in [0, 0.05) is 0 Å². The van der Waals surface area contributed by atoms with Crippen LogP contribution in [0.5, 0.6) is 0 Å². The van der Waals surface area contributed by atoms with Crippen LogP contribution in [0.25, 0.3) is 0 Å². The van der Waals surface area contributed by atoms with Crippen LogP contribution in [0.2, 0.25) is 0 Å². The molecule has 0 aromatic rings. The molecule has 0 atom stereocenters. The molecule has 0 amide bonds. The molecule has 2 nitrogen and oxygen atoms in total. The minimum Gasteiger partial charge on any atom is -0.323 e. The lowest BCUT2D eigenvalue weighted by Gasteiger charge is -2.02. The first-order valence-corrected chi connectivity index (χ1v) is 1.35. The van der Waals surface area contributed by atoms with Crippen molar-refractivity contribution in [3.05, 3.63) is 0 Å². The average molecular weight is 97.1 g/mol. The van der Waals surface area contributed by atoms with E-state index in [1.54, 1.807) is 0 Å². The molecule has 0 aliphatic heterocycles. The van der Waals surface area contributed by atoms with Crippen LogP contribution in [0, 0.1) is 0 Å². The molecule has 0 spiro atoms. The van der Waals surface area contributed by atoms with Crippen LogP contribution in [-0.2, 0) is 0 Å². The standard InChI is InChI=1S/C2H5F2NO/c1-5-2(3,4)6/h5-6H,1H3. The fourth-order valence-electron chi connectivity index (χ4n) is 0. The SMILES string of the molecule is CNC(O)(F)F. The predicted octanol–water partition coefficient (Wildman–Crippen LogP) is -0.252. The molecule has 0 saturated carbocycles. The molecule has 0 aromatic heterocycles. The number of alkyl halides is 2. The Kier molecular flexibility index (Phi) is 1.43. The monoisotopic (exact) mass is 97.0 g/mol. The van der Waals surface area contributed by atoms with Gasteiger partial charge in [-0.3, -0.25) is 0 Å². The van der Waals surface area contributed by atoms with Crippen molar-refractivity contribution in [1.29, 1.82) is 0 Å². The summed E-state index contributed by atoms with van der Waals surface area (Å²) < 4.78 is 21.8. The van der Waals surface area contributed by atoms with E-state index in [0.717, 1.165) is 7.05 Å². The molecule has 0 fully saturated rings. The summed E-state index contributed by atoms with van der Waals surface area (Å²) in [6.45, 7) is 0. The van der Waals surface area contributed by atoms with Crippen molar-refractivity contribution in [3.63, 3.8) is 0 Å². The van der Waals surface area contributed by atoms with Crippen LogP contribution in [0.15, 0.2) is 0 Å². The second kappa shape index (κ2) is 1.49. The van der Waals surface area contributed by atoms with Crippen molar-refractivity contribution in [1.82, 2.24) is 5.32 Å². The van der Waals surface area contributed by atoms with E-state index in [4.69, 9.17) is 5.11 Å². The predicted molar refractivity (Wildman–Crippen MR) is 16.2 cm³/mol. The molecule has 0 radical (unpaired) electrons. The maximum Gasteiger partial charge on any atom is 0.419 e. The van der Waals surface area contributed by atoms with Crippen molar-refractivity contribution < 1.29 is 13.9 Å². The van der Waals surface area contributed by atoms with Gasteiger partial charge in [-0.1, -0.05) is 0 Å². The van der Waals surface area contributed by atoms with Crippen molar-refractivity contribution in [3.8, 4) is 0 Å². The highest BCUT2D eigenvalue weighted by atomic mass is 19.3. The fraction of sp³-hybridized carbons (Fsp3) is 1.00. The van der Waals surface area contributed by atoms with Gasteiger partial charge < -0.3 is 5.11 Å². The molecule has 0 aliphatic carbocycles. The largest absolute Gasteiger partial charge is 0.419 e. The summed E-state index contributed by atoms with van der Waals surface area (Å²) in [6, 6.07) is 0. The van der Waals surface area contributed by atoms with Gasteiger partial charge >= 0.3 is 6.23 Å². The molecule has 0 bridgehead atoms. The number of aliphatic hydroxyl groups is 1. The lowest BCUT2D eigenvalue weighted by Crippen LogP contribution is -2.31. The molecule has 0 aliphatic rings. The molecule has 2 N–H and O–H groups in total. The summed E-state index contributed by atoms with van der Waals surface area (Å²) in [5, 5.41) is 8.71. The van der Waals surface area contributed by atoms with E-state index in [9.17, 15) is 8.78 Å². The van der Waals surface area contributed by atoms with E-state index in [1.807, 2.05) is 0 Å². The molecule has 0 saturated heterocycles. The highest BCUT2D eigenvalue weighted by Crippen LogP contribution is 1.98. The minimum absolute atomic E-state index is 0.958. The van der Waals surface area contributed by atoms with E-state index in [1.165, 1.54) is 5.32 Å². The fourth-order valence-corrected chi connectivity index (χ4v) is 0. The Morgan fingerprint density at radius 2 is 1.83 bits per heavy atom. The highest BCUT2D eigenvalue weighted by molar-refractivity contribution is 4.31. The quantitative estimate of drug-likeness (QED) is 0.349. The van der Waals surface area contributed by atoms with Crippen molar-refractivity contribution >= 4 is 0 Å². The van der Waals surface area contributed by atoms with E-state index < -0.39 is 6.23 Å². The van der Waals surface area contributed by atoms with Crippen LogP contribution in [0.1, 0.15) is 0 Å². The van der Waals surface area contributed by atoms with E-state index >= 15 is 0 Å². The number of hydrogen-bond acceptors (Lipinski definition) is 2. The molecule has 0 unspecified atom stereocenters. The number of rotatable bonds is 1. The van der Waals surface area contributed by atoms with Crippen LogP contribution in [0.4, 0.5) is 8.78 Å². The second-order valence-electron chi connectivity index (χ2n) is 0.791. The van der Waals surface area contributed by atoms with Crippen LogP contribution >= 0.6 is 0 Å². The molecule has 0 rings (SSSR count). The van der Waals surface area contributed by atoms with E-state index in [-0.39, 0.29) is 0 Å². The molecule has 0 aromatic carbocycles. The van der Waals surface area contributed by atoms with Gasteiger partial charge in [0.1, 0.15) is 0 Å². The van der Waals surface area contributed by atoms with Crippen molar-refractivity contribution in [2.24, 2.45) is 0 Å². The van der Waals surface area contributed by atoms with Crippen LogP contribution in [-0.4, -0.2) is 18.4 Å². The second-order valence-corrected chi connectivity index (χ2v) is 0.791. The normalized spacial score (nSPS) is 12.0. The zero-order valence-corrected chi connectivity index (χ0v) is 3.20. The molecule has 4 heteroatoms. The molecule has 38 valence electrons. The van der Waals surface area contributed by atoms with E-state index in [2.05, 4.69) is 0 Å². The Morgan fingerprint density at radius 1 is 1.67 bits per heavy atom. The molecule has 0 heterocycles. The Balaban J connectivity index is 3.17. The van der Waals surface area contributed by atoms with Crippen molar-refractivity contribution in [2.75, 3.05) is 7.05 Å². The Bertz CT molecular complexity index is 41.3. The number of nitrogens with one attached hydrogen (secondary N) is 1. The lowest BCUT2D eigenvalue weighted by atomic mass is 11.0. The maximum absolute atomic E-state index is 10.9. The molecule has 6 heavy (non-hydrogen) atoms. The summed E-state index contributed by atoms with van der Waals surface area (Å²) in [5.41, 5.74) is 0. The first-order valence-electron chi connectivity index (χ1n) is 1.35. The van der Waals surface area contributed by atoms with Gasteiger partial charge in [0.05, 0.1) is 0 Å². The Hall–Kier alpha value is -0.220. The van der Waals surface area contributed by atoms with Crippen LogP contribution < -0.4 is 5.32 Å². The van der Waals surface area contributed by atoms with Gasteiger partial charge in [0.15, 0.2) is 0 Å². The maximum atomic E-state index is 10.9. The zero-order valence-electron chi connectivity index (χ0n) is 3.20. The lowest BCUT2D eigenvalue weighted by molar-refractivity contribution is -0.218. The summed E-state index contributed by atoms with van der Waals surface area (Å²) >= 11 is 0. The average Bonchev–Trinajstić information content (AvgIpc) is 1.35. The number of hydrogen-bond donors (Lipinski definition) is 2. The van der Waals surface area contributed by atoms with E-state index in [0.29, 0.717) is 0 Å². The molecular weight excluding hydrogens is 92.0 g/mol. The minimum atomic E-state index is -3.71. The third-order valence-corrected chi connectivity index (χ3v) is 0.301.